The van der Waals surface area contributed by atoms with Crippen molar-refractivity contribution in [1.29, 1.82) is 0 Å². The number of hydrogen-bond donors (Lipinski definition) is 3. The molecule has 5 nitrogen and oxygen atoms in total. The third-order valence-corrected chi connectivity index (χ3v) is 3.56. The van der Waals surface area contributed by atoms with Gasteiger partial charge in [0.2, 0.25) is 5.56 Å². The zero-order valence-electron chi connectivity index (χ0n) is 12.2. The molecule has 1 aromatic heterocycles. The van der Waals surface area contributed by atoms with Gasteiger partial charge in [-0.2, -0.15) is 0 Å². The topological polar surface area (TPSA) is 74.0 Å². The average Bonchev–Trinajstić information content (AvgIpc) is 2.46. The maximum Gasteiger partial charge on any atom is 0.252 e. The molecule has 0 aliphatic heterocycles. The average molecular weight is 389 g/mol. The third-order valence-electron chi connectivity index (χ3n) is 3.06. The minimum Gasteiger partial charge on any atom is -0.351 e. The van der Waals surface area contributed by atoms with Crippen molar-refractivity contribution in [2.45, 2.75) is 13.3 Å². The van der Waals surface area contributed by atoms with E-state index >= 15 is 0 Å². The van der Waals surface area contributed by atoms with Crippen molar-refractivity contribution in [2.75, 3.05) is 19.6 Å². The molecular formula is C15H19BrClN3O2. The number of hydrogen-bond acceptors (Lipinski definition) is 3. The SMILES string of the molecule is CCCNCCNC(=O)c1cc(=O)[nH]c2ccc(Br)cc12.Cl. The van der Waals surface area contributed by atoms with Gasteiger partial charge in [0.25, 0.3) is 5.91 Å². The van der Waals surface area contributed by atoms with Crippen LogP contribution in [0.15, 0.2) is 33.5 Å². The number of halogens is 2. The number of rotatable bonds is 6. The lowest BCUT2D eigenvalue weighted by molar-refractivity contribution is 0.0955. The largest absolute Gasteiger partial charge is 0.351 e. The maximum absolute atomic E-state index is 12.2. The fraction of sp³-hybridized carbons (Fsp3) is 0.333. The molecule has 2 aromatic rings. The number of amides is 1. The number of H-pyrrole nitrogens is 1. The Bertz CT molecular complexity index is 703. The highest BCUT2D eigenvalue weighted by atomic mass is 79.9. The summed E-state index contributed by atoms with van der Waals surface area (Å²) in [4.78, 5) is 26.6. The summed E-state index contributed by atoms with van der Waals surface area (Å²) < 4.78 is 0.862. The van der Waals surface area contributed by atoms with Gasteiger partial charge in [0, 0.05) is 34.5 Å². The van der Waals surface area contributed by atoms with Crippen LogP contribution in [0, 0.1) is 0 Å². The Balaban J connectivity index is 0.00000242. The summed E-state index contributed by atoms with van der Waals surface area (Å²) in [5.41, 5.74) is 0.768. The van der Waals surface area contributed by atoms with Crippen LogP contribution in [0.5, 0.6) is 0 Å². The number of fused-ring (bicyclic) bond motifs is 1. The van der Waals surface area contributed by atoms with Crippen LogP contribution in [0.4, 0.5) is 0 Å². The summed E-state index contributed by atoms with van der Waals surface area (Å²) >= 11 is 3.38. The highest BCUT2D eigenvalue weighted by Crippen LogP contribution is 2.20. The van der Waals surface area contributed by atoms with Crippen molar-refractivity contribution in [3.05, 3.63) is 44.7 Å². The van der Waals surface area contributed by atoms with Gasteiger partial charge in [0.05, 0.1) is 5.56 Å². The zero-order chi connectivity index (χ0) is 15.2. The van der Waals surface area contributed by atoms with Gasteiger partial charge in [-0.05, 0) is 31.2 Å². The van der Waals surface area contributed by atoms with Crippen LogP contribution in [0.1, 0.15) is 23.7 Å². The zero-order valence-corrected chi connectivity index (χ0v) is 14.6. The summed E-state index contributed by atoms with van der Waals surface area (Å²) in [7, 11) is 0. The van der Waals surface area contributed by atoms with Crippen molar-refractivity contribution < 1.29 is 4.79 Å². The summed E-state index contributed by atoms with van der Waals surface area (Å²) in [5.74, 6) is -0.234. The predicted molar refractivity (Wildman–Crippen MR) is 95.0 cm³/mol. The number of aromatic amines is 1. The van der Waals surface area contributed by atoms with Gasteiger partial charge in [0.1, 0.15) is 0 Å². The molecule has 0 unspecified atom stereocenters. The molecule has 22 heavy (non-hydrogen) atoms. The maximum atomic E-state index is 12.2. The first-order valence-corrected chi connectivity index (χ1v) is 7.72. The lowest BCUT2D eigenvalue weighted by Crippen LogP contribution is -2.32. The second-order valence-corrected chi connectivity index (χ2v) is 5.66. The Morgan fingerprint density at radius 2 is 2.00 bits per heavy atom. The Kier molecular flexibility index (Phi) is 7.58. The van der Waals surface area contributed by atoms with E-state index in [4.69, 9.17) is 0 Å². The Morgan fingerprint density at radius 3 is 2.73 bits per heavy atom. The van der Waals surface area contributed by atoms with E-state index in [1.807, 2.05) is 12.1 Å². The van der Waals surface area contributed by atoms with Crippen molar-refractivity contribution >= 4 is 45.1 Å². The molecule has 1 heterocycles. The van der Waals surface area contributed by atoms with Gasteiger partial charge in [0.15, 0.2) is 0 Å². The van der Waals surface area contributed by atoms with Crippen LogP contribution in [0.25, 0.3) is 10.9 Å². The highest BCUT2D eigenvalue weighted by Gasteiger charge is 2.11. The van der Waals surface area contributed by atoms with E-state index in [-0.39, 0.29) is 23.9 Å². The van der Waals surface area contributed by atoms with E-state index < -0.39 is 0 Å². The summed E-state index contributed by atoms with van der Waals surface area (Å²) in [6.07, 6.45) is 1.06. The van der Waals surface area contributed by atoms with Gasteiger partial charge in [-0.15, -0.1) is 12.4 Å². The Hall–Kier alpha value is -1.37. The Labute approximate surface area is 143 Å². The van der Waals surface area contributed by atoms with Gasteiger partial charge < -0.3 is 15.6 Å². The lowest BCUT2D eigenvalue weighted by Gasteiger charge is -2.08. The third kappa shape index (κ3) is 4.83. The fourth-order valence-corrected chi connectivity index (χ4v) is 2.44. The first-order valence-electron chi connectivity index (χ1n) is 6.93. The van der Waals surface area contributed by atoms with Crippen LogP contribution >= 0.6 is 28.3 Å². The summed E-state index contributed by atoms with van der Waals surface area (Å²) in [6.45, 7) is 4.26. The molecule has 2 rings (SSSR count). The van der Waals surface area contributed by atoms with Crippen LogP contribution in [0.3, 0.4) is 0 Å². The molecule has 7 heteroatoms. The number of carbonyl (C=O) groups excluding carboxylic acids is 1. The van der Waals surface area contributed by atoms with E-state index in [0.717, 1.165) is 22.8 Å². The molecule has 0 bridgehead atoms. The van der Waals surface area contributed by atoms with Gasteiger partial charge >= 0.3 is 0 Å². The first-order chi connectivity index (χ1) is 10.1. The molecule has 120 valence electrons. The number of carbonyl (C=O) groups is 1. The van der Waals surface area contributed by atoms with Gasteiger partial charge in [-0.3, -0.25) is 9.59 Å². The molecule has 0 atom stereocenters. The molecule has 1 aromatic carbocycles. The highest BCUT2D eigenvalue weighted by molar-refractivity contribution is 9.10. The molecule has 0 aliphatic carbocycles. The van der Waals surface area contributed by atoms with Crippen molar-refractivity contribution in [1.82, 2.24) is 15.6 Å². The number of aromatic nitrogens is 1. The molecule has 0 saturated carbocycles. The second-order valence-electron chi connectivity index (χ2n) is 4.74. The minimum atomic E-state index is -0.279. The van der Waals surface area contributed by atoms with Crippen LogP contribution in [-0.2, 0) is 0 Å². The Morgan fingerprint density at radius 1 is 1.23 bits per heavy atom. The molecule has 0 fully saturated rings. The monoisotopic (exact) mass is 387 g/mol. The normalized spacial score (nSPS) is 10.3. The van der Waals surface area contributed by atoms with E-state index in [2.05, 4.69) is 38.5 Å². The molecule has 1 amide bonds. The fourth-order valence-electron chi connectivity index (χ4n) is 2.08. The van der Waals surface area contributed by atoms with Gasteiger partial charge in [-0.1, -0.05) is 22.9 Å². The first kappa shape index (κ1) is 18.7. The lowest BCUT2D eigenvalue weighted by atomic mass is 10.1. The summed E-state index contributed by atoms with van der Waals surface area (Å²) in [5, 5.41) is 6.76. The van der Waals surface area contributed by atoms with E-state index in [0.29, 0.717) is 24.2 Å². The molecular weight excluding hydrogens is 370 g/mol. The van der Waals surface area contributed by atoms with Crippen molar-refractivity contribution in [2.24, 2.45) is 0 Å². The van der Waals surface area contributed by atoms with E-state index in [1.54, 1.807) is 6.07 Å². The quantitative estimate of drug-likeness (QED) is 0.666. The van der Waals surface area contributed by atoms with Crippen LogP contribution in [0.2, 0.25) is 0 Å². The van der Waals surface area contributed by atoms with E-state index in [1.165, 1.54) is 6.07 Å². The van der Waals surface area contributed by atoms with Gasteiger partial charge in [-0.25, -0.2) is 0 Å². The van der Waals surface area contributed by atoms with E-state index in [9.17, 15) is 9.59 Å². The van der Waals surface area contributed by atoms with Crippen LogP contribution < -0.4 is 16.2 Å². The smallest absolute Gasteiger partial charge is 0.252 e. The minimum absolute atomic E-state index is 0. The molecule has 0 radical (unpaired) electrons. The molecule has 0 saturated heterocycles. The predicted octanol–water partition coefficient (Wildman–Crippen LogP) is 2.44. The van der Waals surface area contributed by atoms with Crippen LogP contribution in [-0.4, -0.2) is 30.5 Å². The standard InChI is InChI=1S/C15H18BrN3O2.ClH/c1-2-5-17-6-7-18-15(21)12-9-14(20)19-13-4-3-10(16)8-11(12)13;/h3-4,8-9,17H,2,5-7H2,1H3,(H,18,21)(H,19,20);1H. The molecule has 0 aliphatic rings. The second kappa shape index (κ2) is 8.92. The number of benzene rings is 1. The number of pyridine rings is 1. The summed E-state index contributed by atoms with van der Waals surface area (Å²) in [6, 6.07) is 6.77. The van der Waals surface area contributed by atoms with Crippen molar-refractivity contribution in [3.63, 3.8) is 0 Å². The molecule has 3 N–H and O–H groups in total. The van der Waals surface area contributed by atoms with Crippen molar-refractivity contribution in [3.8, 4) is 0 Å². The number of nitrogens with one attached hydrogen (secondary N) is 3. The molecule has 0 spiro atoms.